The van der Waals surface area contributed by atoms with Crippen LogP contribution in [0.5, 0.6) is 0 Å². The molecule has 67 heavy (non-hydrogen) atoms. The molecule has 17 nitrogen and oxygen atoms in total. The molecule has 368 valence electrons. The molecule has 0 spiro atoms. The Morgan fingerprint density at radius 1 is 0.910 bits per heavy atom. The number of aromatic nitrogens is 3. The van der Waals surface area contributed by atoms with E-state index in [0.717, 1.165) is 5.56 Å². The molecule has 1 aromatic carbocycles. The molecular weight excluding hydrogens is 855 g/mol. The SMILES string of the molecule is CCC(C)C(NC(=O)C(CC(O)C(CC(C)C)NC(=O)[C@H](Cc1cnc[nH]1)N(C)C(=O)[C@H](Cc1ccccc1)NC(=O)[C@@H]1CCCN1C(=O)OC(C)(C)C)C(C)C)C(=O)NCc1ccccn1. The number of aromatic amines is 1. The summed E-state index contributed by atoms with van der Waals surface area (Å²) in [5.74, 6) is -3.49. The zero-order chi connectivity index (χ0) is 49.4. The van der Waals surface area contributed by atoms with Crippen molar-refractivity contribution in [1.82, 2.24) is 46.0 Å². The lowest BCUT2D eigenvalue weighted by atomic mass is 9.85. The molecule has 6 amide bonds. The zero-order valence-electron chi connectivity index (χ0n) is 41.1. The Morgan fingerprint density at radius 2 is 1.61 bits per heavy atom. The summed E-state index contributed by atoms with van der Waals surface area (Å²) in [5.41, 5.74) is 1.25. The molecule has 6 N–H and O–H groups in total. The maximum absolute atomic E-state index is 14.8. The lowest BCUT2D eigenvalue weighted by Crippen LogP contribution is -2.59. The standard InChI is InChI=1S/C50H75N9O8/c1-11-33(6)43(47(64)53-29-35-20-15-16-22-52-35)57-44(61)37(32(4)5)27-42(60)38(24-31(2)3)55-46(63)41(26-36-28-51-30-54-36)58(10)48(65)39(25-34-18-13-12-14-19-34)56-45(62)40-21-17-23-59(40)49(66)67-50(7,8)9/h12-16,18-20,22,28,30-33,37-43,60H,11,17,21,23-27,29H2,1-10H3,(H,51,54)(H,53,64)(H,55,63)(H,56,62)(H,57,61)/t33?,37?,38?,39-,40-,41-,42?,43?/m0/s1. The summed E-state index contributed by atoms with van der Waals surface area (Å²) in [5, 5.41) is 23.8. The third-order valence-corrected chi connectivity index (χ3v) is 12.3. The molecular formula is C50H75N9O8. The minimum absolute atomic E-state index is 0.00979. The van der Waals surface area contributed by atoms with Crippen molar-refractivity contribution in [3.05, 3.63) is 84.2 Å². The van der Waals surface area contributed by atoms with Gasteiger partial charge < -0.3 is 41.0 Å². The molecule has 17 heteroatoms. The highest BCUT2D eigenvalue weighted by Gasteiger charge is 2.41. The average molecular weight is 930 g/mol. The van der Waals surface area contributed by atoms with E-state index in [0.29, 0.717) is 43.6 Å². The van der Waals surface area contributed by atoms with Gasteiger partial charge in [-0.3, -0.25) is 33.9 Å². The number of aliphatic hydroxyl groups excluding tert-OH is 1. The lowest BCUT2D eigenvalue weighted by Gasteiger charge is -2.35. The summed E-state index contributed by atoms with van der Waals surface area (Å²) in [6.07, 6.45) is 4.92. The summed E-state index contributed by atoms with van der Waals surface area (Å²) in [4.78, 5) is 98.3. The van der Waals surface area contributed by atoms with Crippen LogP contribution in [0.1, 0.15) is 111 Å². The van der Waals surface area contributed by atoms with E-state index in [2.05, 4.69) is 36.2 Å². The zero-order valence-corrected chi connectivity index (χ0v) is 41.1. The van der Waals surface area contributed by atoms with Crippen LogP contribution in [0.4, 0.5) is 4.79 Å². The van der Waals surface area contributed by atoms with Crippen molar-refractivity contribution in [3.8, 4) is 0 Å². The minimum Gasteiger partial charge on any atom is -0.444 e. The number of rotatable bonds is 23. The van der Waals surface area contributed by atoms with Gasteiger partial charge in [0.15, 0.2) is 0 Å². The van der Waals surface area contributed by atoms with Crippen molar-refractivity contribution >= 4 is 35.6 Å². The Hall–Kier alpha value is -5.84. The number of likely N-dealkylation sites (tertiary alicyclic amines) is 1. The molecule has 1 saturated heterocycles. The summed E-state index contributed by atoms with van der Waals surface area (Å²) in [7, 11) is 1.50. The fourth-order valence-corrected chi connectivity index (χ4v) is 8.26. The van der Waals surface area contributed by atoms with E-state index in [1.54, 1.807) is 45.3 Å². The minimum atomic E-state index is -1.19. The van der Waals surface area contributed by atoms with Crippen LogP contribution in [0.3, 0.4) is 0 Å². The second-order valence-electron chi connectivity index (χ2n) is 19.6. The smallest absolute Gasteiger partial charge is 0.410 e. The number of nitrogens with one attached hydrogen (secondary N) is 5. The molecule has 0 bridgehead atoms. The summed E-state index contributed by atoms with van der Waals surface area (Å²) in [6.45, 7) is 17.3. The fourth-order valence-electron chi connectivity index (χ4n) is 8.26. The van der Waals surface area contributed by atoms with Gasteiger partial charge in [0, 0.05) is 50.4 Å². The van der Waals surface area contributed by atoms with Crippen LogP contribution < -0.4 is 21.3 Å². The number of aliphatic hydroxyl groups is 1. The van der Waals surface area contributed by atoms with E-state index in [1.165, 1.54) is 23.2 Å². The third-order valence-electron chi connectivity index (χ3n) is 12.3. The van der Waals surface area contributed by atoms with E-state index < -0.39 is 71.6 Å². The van der Waals surface area contributed by atoms with Gasteiger partial charge >= 0.3 is 6.09 Å². The monoisotopic (exact) mass is 930 g/mol. The highest BCUT2D eigenvalue weighted by atomic mass is 16.6. The first kappa shape index (κ1) is 53.8. The van der Waals surface area contributed by atoms with Crippen molar-refractivity contribution in [1.29, 1.82) is 0 Å². The first-order chi connectivity index (χ1) is 31.7. The van der Waals surface area contributed by atoms with Crippen LogP contribution in [0.2, 0.25) is 0 Å². The summed E-state index contributed by atoms with van der Waals surface area (Å²) < 4.78 is 5.60. The molecule has 5 unspecified atom stereocenters. The second-order valence-corrected chi connectivity index (χ2v) is 19.6. The van der Waals surface area contributed by atoms with Gasteiger partial charge in [0.25, 0.3) is 0 Å². The molecule has 1 aliphatic rings. The summed E-state index contributed by atoms with van der Waals surface area (Å²) >= 11 is 0. The number of likely N-dealkylation sites (N-methyl/N-ethyl adjacent to an activating group) is 1. The van der Waals surface area contributed by atoms with Gasteiger partial charge in [0.1, 0.15) is 29.8 Å². The Morgan fingerprint density at radius 3 is 2.21 bits per heavy atom. The van der Waals surface area contributed by atoms with Gasteiger partial charge in [-0.1, -0.05) is 84.4 Å². The number of ether oxygens (including phenoxy) is 1. The molecule has 0 saturated carbocycles. The third kappa shape index (κ3) is 16.5. The van der Waals surface area contributed by atoms with Gasteiger partial charge in [-0.05, 0) is 81.9 Å². The first-order valence-corrected chi connectivity index (χ1v) is 23.7. The van der Waals surface area contributed by atoms with Crippen molar-refractivity contribution in [2.24, 2.45) is 23.7 Å². The van der Waals surface area contributed by atoms with Crippen molar-refractivity contribution < 1.29 is 38.6 Å². The Bertz CT molecular complexity index is 2040. The largest absolute Gasteiger partial charge is 0.444 e. The summed E-state index contributed by atoms with van der Waals surface area (Å²) in [6, 6.07) is 9.83. The van der Waals surface area contributed by atoms with Gasteiger partial charge in [-0.15, -0.1) is 0 Å². The molecule has 1 fully saturated rings. The van der Waals surface area contributed by atoms with Gasteiger partial charge in [0.05, 0.1) is 30.7 Å². The first-order valence-electron chi connectivity index (χ1n) is 23.7. The van der Waals surface area contributed by atoms with Crippen LogP contribution >= 0.6 is 0 Å². The quantitative estimate of drug-likeness (QED) is 0.0768. The molecule has 4 rings (SSSR count). The van der Waals surface area contributed by atoms with Crippen LogP contribution in [0, 0.1) is 23.7 Å². The fraction of sp³-hybridized carbons (Fsp3) is 0.600. The predicted molar refractivity (Wildman–Crippen MR) is 255 cm³/mol. The number of nitrogens with zero attached hydrogens (tertiary/aromatic N) is 4. The van der Waals surface area contributed by atoms with E-state index >= 15 is 0 Å². The number of amides is 6. The normalized spacial score (nSPS) is 17.1. The van der Waals surface area contributed by atoms with E-state index in [1.807, 2.05) is 77.9 Å². The van der Waals surface area contributed by atoms with Crippen LogP contribution in [0.15, 0.2) is 67.3 Å². The highest BCUT2D eigenvalue weighted by Crippen LogP contribution is 2.25. The van der Waals surface area contributed by atoms with Crippen molar-refractivity contribution in [2.45, 2.75) is 156 Å². The van der Waals surface area contributed by atoms with E-state index in [-0.39, 0.29) is 55.4 Å². The number of imidazole rings is 1. The molecule has 2 aromatic heterocycles. The Balaban J connectivity index is 1.57. The maximum atomic E-state index is 14.8. The Labute approximate surface area is 396 Å². The van der Waals surface area contributed by atoms with Gasteiger partial charge in [0.2, 0.25) is 29.5 Å². The predicted octanol–water partition coefficient (Wildman–Crippen LogP) is 4.70. The van der Waals surface area contributed by atoms with Gasteiger partial charge in [-0.25, -0.2) is 9.78 Å². The number of H-pyrrole nitrogens is 1. The molecule has 0 radical (unpaired) electrons. The second kappa shape index (κ2) is 25.3. The van der Waals surface area contributed by atoms with Crippen LogP contribution in [-0.2, 0) is 48.1 Å². The number of pyridine rings is 1. The van der Waals surface area contributed by atoms with Crippen LogP contribution in [-0.4, -0.2) is 121 Å². The van der Waals surface area contributed by atoms with Crippen LogP contribution in [0.25, 0.3) is 0 Å². The number of carbonyl (C=O) groups excluding carboxylic acids is 6. The van der Waals surface area contributed by atoms with Crippen molar-refractivity contribution in [2.75, 3.05) is 13.6 Å². The van der Waals surface area contributed by atoms with E-state index in [9.17, 15) is 33.9 Å². The molecule has 8 atom stereocenters. The van der Waals surface area contributed by atoms with E-state index in [4.69, 9.17) is 4.74 Å². The average Bonchev–Trinajstić information content (AvgIpc) is 4.00. The van der Waals surface area contributed by atoms with Gasteiger partial charge in [-0.2, -0.15) is 0 Å². The maximum Gasteiger partial charge on any atom is 0.410 e. The van der Waals surface area contributed by atoms with Crippen molar-refractivity contribution in [3.63, 3.8) is 0 Å². The number of hydrogen-bond donors (Lipinski definition) is 6. The highest BCUT2D eigenvalue weighted by molar-refractivity contribution is 5.94. The molecule has 3 heterocycles. The lowest BCUT2D eigenvalue weighted by molar-refractivity contribution is -0.143. The Kier molecular flexibility index (Phi) is 20.3. The molecule has 3 aromatic rings. The topological polar surface area (TPSA) is 228 Å². The molecule has 0 aliphatic carbocycles. The number of carbonyl (C=O) groups is 6. The number of hydrogen-bond acceptors (Lipinski definition) is 10. The number of benzene rings is 1. The molecule has 1 aliphatic heterocycles.